The molecule has 0 aliphatic heterocycles. The van der Waals surface area contributed by atoms with Gasteiger partial charge < -0.3 is 5.32 Å². The quantitative estimate of drug-likeness (QED) is 0.840. The molecule has 0 aliphatic carbocycles. The van der Waals surface area contributed by atoms with E-state index in [2.05, 4.69) is 40.4 Å². The predicted molar refractivity (Wildman–Crippen MR) is 70.1 cm³/mol. The van der Waals surface area contributed by atoms with E-state index in [-0.39, 0.29) is 0 Å². The zero-order valence-corrected chi connectivity index (χ0v) is 10.8. The summed E-state index contributed by atoms with van der Waals surface area (Å²) < 4.78 is 0. The summed E-state index contributed by atoms with van der Waals surface area (Å²) in [5.74, 6) is 0. The van der Waals surface area contributed by atoms with Crippen molar-refractivity contribution in [3.05, 3.63) is 47.9 Å². The Labute approximate surface area is 106 Å². The molecule has 88 valence electrons. The van der Waals surface area contributed by atoms with E-state index >= 15 is 0 Å². The molecular formula is C13H15N3S. The highest BCUT2D eigenvalue weighted by molar-refractivity contribution is 7.99. The van der Waals surface area contributed by atoms with Crippen molar-refractivity contribution in [2.75, 3.05) is 7.05 Å². The van der Waals surface area contributed by atoms with Gasteiger partial charge in [0.2, 0.25) is 0 Å². The highest BCUT2D eigenvalue weighted by Gasteiger charge is 2.05. The molecule has 0 saturated heterocycles. The van der Waals surface area contributed by atoms with Crippen molar-refractivity contribution in [2.45, 2.75) is 23.4 Å². The Morgan fingerprint density at radius 3 is 2.88 bits per heavy atom. The standard InChI is InChI=1S/C13H15N3S/c1-10-3-4-12(11(7-10)8-14-2)17-13-5-6-15-9-16-13/h3-7,9,14H,8H2,1-2H3. The molecule has 0 radical (unpaired) electrons. The van der Waals surface area contributed by atoms with E-state index in [9.17, 15) is 0 Å². The third-order valence-corrected chi connectivity index (χ3v) is 3.42. The molecule has 0 amide bonds. The van der Waals surface area contributed by atoms with Crippen LogP contribution in [0.15, 0.2) is 46.7 Å². The maximum absolute atomic E-state index is 4.23. The first kappa shape index (κ1) is 12.1. The molecule has 1 heterocycles. The Kier molecular flexibility index (Phi) is 4.12. The van der Waals surface area contributed by atoms with E-state index in [1.54, 1.807) is 24.3 Å². The summed E-state index contributed by atoms with van der Waals surface area (Å²) in [5.41, 5.74) is 2.58. The Bertz CT molecular complexity index is 485. The highest BCUT2D eigenvalue weighted by atomic mass is 32.2. The first-order valence-electron chi connectivity index (χ1n) is 5.47. The van der Waals surface area contributed by atoms with Crippen LogP contribution in [0.5, 0.6) is 0 Å². The number of rotatable bonds is 4. The summed E-state index contributed by atoms with van der Waals surface area (Å²) >= 11 is 1.67. The summed E-state index contributed by atoms with van der Waals surface area (Å²) in [6, 6.07) is 8.41. The molecule has 1 aromatic carbocycles. The number of aromatic nitrogens is 2. The maximum atomic E-state index is 4.23. The smallest absolute Gasteiger partial charge is 0.116 e. The van der Waals surface area contributed by atoms with Crippen molar-refractivity contribution in [1.29, 1.82) is 0 Å². The van der Waals surface area contributed by atoms with Crippen LogP contribution in [0.2, 0.25) is 0 Å². The van der Waals surface area contributed by atoms with E-state index in [1.165, 1.54) is 16.0 Å². The van der Waals surface area contributed by atoms with Crippen molar-refractivity contribution in [3.63, 3.8) is 0 Å². The molecule has 0 saturated carbocycles. The van der Waals surface area contributed by atoms with Gasteiger partial charge in [-0.3, -0.25) is 0 Å². The molecule has 3 nitrogen and oxygen atoms in total. The van der Waals surface area contributed by atoms with Crippen molar-refractivity contribution in [1.82, 2.24) is 15.3 Å². The second-order valence-corrected chi connectivity index (χ2v) is 4.85. The fraction of sp³-hybridized carbons (Fsp3) is 0.231. The van der Waals surface area contributed by atoms with Gasteiger partial charge in [0.25, 0.3) is 0 Å². The number of benzene rings is 1. The lowest BCUT2D eigenvalue weighted by Gasteiger charge is -2.09. The molecule has 0 atom stereocenters. The van der Waals surface area contributed by atoms with Crippen LogP contribution in [0, 0.1) is 6.92 Å². The number of hydrogen-bond acceptors (Lipinski definition) is 4. The number of hydrogen-bond donors (Lipinski definition) is 1. The Morgan fingerprint density at radius 1 is 1.29 bits per heavy atom. The molecule has 4 heteroatoms. The summed E-state index contributed by atoms with van der Waals surface area (Å²) in [4.78, 5) is 9.39. The molecular weight excluding hydrogens is 230 g/mol. The van der Waals surface area contributed by atoms with Gasteiger partial charge in [-0.15, -0.1) is 0 Å². The lowest BCUT2D eigenvalue weighted by molar-refractivity contribution is 0.802. The van der Waals surface area contributed by atoms with Crippen molar-refractivity contribution in [2.24, 2.45) is 0 Å². The molecule has 0 aliphatic rings. The third-order valence-electron chi connectivity index (χ3n) is 2.35. The lowest BCUT2D eigenvalue weighted by Crippen LogP contribution is -2.06. The molecule has 1 N–H and O–H groups in total. The van der Waals surface area contributed by atoms with E-state index < -0.39 is 0 Å². The summed E-state index contributed by atoms with van der Waals surface area (Å²) in [5, 5.41) is 4.16. The second kappa shape index (κ2) is 5.80. The van der Waals surface area contributed by atoms with Gasteiger partial charge in [0.15, 0.2) is 0 Å². The SMILES string of the molecule is CNCc1cc(C)ccc1Sc1ccncn1. The monoisotopic (exact) mass is 245 g/mol. The number of nitrogens with zero attached hydrogens (tertiary/aromatic N) is 2. The normalized spacial score (nSPS) is 10.5. The average molecular weight is 245 g/mol. The van der Waals surface area contributed by atoms with E-state index in [1.807, 2.05) is 13.1 Å². The number of nitrogens with one attached hydrogen (secondary N) is 1. The molecule has 1 aromatic heterocycles. The van der Waals surface area contributed by atoms with Crippen molar-refractivity contribution < 1.29 is 0 Å². The topological polar surface area (TPSA) is 37.8 Å². The van der Waals surface area contributed by atoms with Gasteiger partial charge in [0, 0.05) is 17.6 Å². The molecule has 0 spiro atoms. The molecule has 0 unspecified atom stereocenters. The summed E-state index contributed by atoms with van der Waals surface area (Å²) in [6.45, 7) is 2.98. The van der Waals surface area contributed by atoms with Crippen LogP contribution in [0.1, 0.15) is 11.1 Å². The first-order valence-corrected chi connectivity index (χ1v) is 6.29. The number of aryl methyl sites for hydroxylation is 1. The Morgan fingerprint density at radius 2 is 2.18 bits per heavy atom. The average Bonchev–Trinajstić information content (AvgIpc) is 2.34. The molecule has 2 aromatic rings. The van der Waals surface area contributed by atoms with Gasteiger partial charge in [-0.25, -0.2) is 9.97 Å². The van der Waals surface area contributed by atoms with Crippen LogP contribution < -0.4 is 5.32 Å². The van der Waals surface area contributed by atoms with Gasteiger partial charge in [-0.1, -0.05) is 29.5 Å². The first-order chi connectivity index (χ1) is 8.29. The minimum atomic E-state index is 0.870. The van der Waals surface area contributed by atoms with Crippen molar-refractivity contribution in [3.8, 4) is 0 Å². The van der Waals surface area contributed by atoms with Crippen molar-refractivity contribution >= 4 is 11.8 Å². The van der Waals surface area contributed by atoms with Gasteiger partial charge in [0.05, 0.1) is 0 Å². The fourth-order valence-corrected chi connectivity index (χ4v) is 2.44. The molecule has 2 rings (SSSR count). The molecule has 0 fully saturated rings. The summed E-state index contributed by atoms with van der Waals surface area (Å²) in [7, 11) is 1.96. The zero-order chi connectivity index (χ0) is 12.1. The Balaban J connectivity index is 2.26. The third kappa shape index (κ3) is 3.28. The minimum Gasteiger partial charge on any atom is -0.316 e. The van der Waals surface area contributed by atoms with Crippen LogP contribution in [-0.4, -0.2) is 17.0 Å². The maximum Gasteiger partial charge on any atom is 0.116 e. The van der Waals surface area contributed by atoms with E-state index in [0.717, 1.165) is 11.6 Å². The largest absolute Gasteiger partial charge is 0.316 e. The van der Waals surface area contributed by atoms with Gasteiger partial charge in [0.1, 0.15) is 11.4 Å². The van der Waals surface area contributed by atoms with Crippen LogP contribution in [0.4, 0.5) is 0 Å². The Hall–Kier alpha value is -1.39. The second-order valence-electron chi connectivity index (χ2n) is 3.79. The van der Waals surface area contributed by atoms with Crippen LogP contribution in [-0.2, 0) is 6.54 Å². The highest BCUT2D eigenvalue weighted by Crippen LogP contribution is 2.29. The van der Waals surface area contributed by atoms with Gasteiger partial charge >= 0.3 is 0 Å². The molecule has 17 heavy (non-hydrogen) atoms. The van der Waals surface area contributed by atoms with Crippen LogP contribution >= 0.6 is 11.8 Å². The summed E-state index contributed by atoms with van der Waals surface area (Å²) in [6.07, 6.45) is 3.34. The molecule has 0 bridgehead atoms. The predicted octanol–water partition coefficient (Wildman–Crippen LogP) is 2.66. The lowest BCUT2D eigenvalue weighted by atomic mass is 10.1. The van der Waals surface area contributed by atoms with Gasteiger partial charge in [-0.05, 0) is 31.7 Å². The van der Waals surface area contributed by atoms with Crippen LogP contribution in [0.3, 0.4) is 0 Å². The van der Waals surface area contributed by atoms with Gasteiger partial charge in [-0.2, -0.15) is 0 Å². The minimum absolute atomic E-state index is 0.870. The fourth-order valence-electron chi connectivity index (χ4n) is 1.59. The van der Waals surface area contributed by atoms with E-state index in [0.29, 0.717) is 0 Å². The van der Waals surface area contributed by atoms with E-state index in [4.69, 9.17) is 0 Å². The van der Waals surface area contributed by atoms with Crippen LogP contribution in [0.25, 0.3) is 0 Å². The zero-order valence-electron chi connectivity index (χ0n) is 9.97.